The van der Waals surface area contributed by atoms with Crippen molar-refractivity contribution in [2.75, 3.05) is 17.7 Å². The van der Waals surface area contributed by atoms with Gasteiger partial charge in [0.25, 0.3) is 0 Å². The van der Waals surface area contributed by atoms with E-state index in [2.05, 4.69) is 41.4 Å². The minimum Gasteiger partial charge on any atom is -0.496 e. The highest BCUT2D eigenvalue weighted by Gasteiger charge is 2.13. The summed E-state index contributed by atoms with van der Waals surface area (Å²) in [4.78, 5) is 21.4. The molecule has 0 spiro atoms. The molecule has 180 valence electrons. The molecule has 0 aliphatic rings. The van der Waals surface area contributed by atoms with Gasteiger partial charge >= 0.3 is 6.03 Å². The second kappa shape index (κ2) is 10.4. The smallest absolute Gasteiger partial charge is 0.323 e. The SMILES string of the molecule is CCc1cc2ncnc(Oc3ccc(C)c(NC(=O)Nc4cccc(C(C)C)c4)c3)c2cc1OC. The first-order chi connectivity index (χ1) is 16.9. The largest absolute Gasteiger partial charge is 0.496 e. The van der Waals surface area contributed by atoms with Gasteiger partial charge in [-0.1, -0.05) is 39.0 Å². The second-order valence-corrected chi connectivity index (χ2v) is 8.65. The number of aryl methyl sites for hydroxylation is 2. The Labute approximate surface area is 205 Å². The van der Waals surface area contributed by atoms with Crippen LogP contribution in [-0.2, 0) is 6.42 Å². The van der Waals surface area contributed by atoms with Crippen molar-refractivity contribution in [1.82, 2.24) is 9.97 Å². The van der Waals surface area contributed by atoms with Crippen LogP contribution in [-0.4, -0.2) is 23.1 Å². The molecule has 0 radical (unpaired) electrons. The van der Waals surface area contributed by atoms with Crippen LogP contribution in [0.2, 0.25) is 0 Å². The molecule has 1 heterocycles. The lowest BCUT2D eigenvalue weighted by atomic mass is 10.0. The highest BCUT2D eigenvalue weighted by atomic mass is 16.5. The molecular weight excluding hydrogens is 440 g/mol. The molecule has 4 aromatic rings. The number of hydrogen-bond donors (Lipinski definition) is 2. The van der Waals surface area contributed by atoms with Crippen molar-refractivity contribution in [2.45, 2.75) is 40.0 Å². The van der Waals surface area contributed by atoms with Crippen molar-refractivity contribution in [3.8, 4) is 17.4 Å². The molecule has 0 saturated carbocycles. The van der Waals surface area contributed by atoms with E-state index in [1.807, 2.05) is 55.5 Å². The summed E-state index contributed by atoms with van der Waals surface area (Å²) in [5.74, 6) is 2.11. The molecule has 1 aromatic heterocycles. The highest BCUT2D eigenvalue weighted by Crippen LogP contribution is 2.33. The van der Waals surface area contributed by atoms with Crippen LogP contribution in [0.3, 0.4) is 0 Å². The number of nitrogens with one attached hydrogen (secondary N) is 2. The summed E-state index contributed by atoms with van der Waals surface area (Å²) in [7, 11) is 1.65. The Bertz CT molecular complexity index is 1370. The summed E-state index contributed by atoms with van der Waals surface area (Å²) in [6, 6.07) is 16.9. The topological polar surface area (TPSA) is 85.4 Å². The van der Waals surface area contributed by atoms with Crippen LogP contribution in [0.25, 0.3) is 10.9 Å². The maximum atomic E-state index is 12.7. The molecule has 4 rings (SSSR count). The number of methoxy groups -OCH3 is 1. The zero-order valence-corrected chi connectivity index (χ0v) is 20.7. The van der Waals surface area contributed by atoms with Crippen LogP contribution >= 0.6 is 0 Å². The summed E-state index contributed by atoms with van der Waals surface area (Å²) in [6.45, 7) is 8.23. The van der Waals surface area contributed by atoms with Crippen LogP contribution in [0.1, 0.15) is 43.4 Å². The standard InChI is InChI=1S/C28H30N4O3/c1-6-19-13-25-23(15-26(19)34-5)27(30-16-29-25)35-22-11-10-18(4)24(14-22)32-28(33)31-21-9-7-8-20(12-21)17(2)3/h7-17H,6H2,1-5H3,(H2,31,32,33). The van der Waals surface area contributed by atoms with Gasteiger partial charge in [-0.15, -0.1) is 0 Å². The van der Waals surface area contributed by atoms with Crippen LogP contribution < -0.4 is 20.1 Å². The van der Waals surface area contributed by atoms with Crippen LogP contribution in [0.5, 0.6) is 17.4 Å². The third-order valence-corrected chi connectivity index (χ3v) is 5.86. The fraction of sp³-hybridized carbons (Fsp3) is 0.250. The molecule has 7 nitrogen and oxygen atoms in total. The first-order valence-corrected chi connectivity index (χ1v) is 11.7. The third kappa shape index (κ3) is 5.51. The van der Waals surface area contributed by atoms with E-state index in [0.717, 1.165) is 45.5 Å². The molecule has 3 aromatic carbocycles. The number of fused-ring (bicyclic) bond motifs is 1. The molecule has 0 fully saturated rings. The fourth-order valence-electron chi connectivity index (χ4n) is 3.82. The van der Waals surface area contributed by atoms with Gasteiger partial charge in [-0.25, -0.2) is 14.8 Å². The fourth-order valence-corrected chi connectivity index (χ4v) is 3.82. The number of aromatic nitrogens is 2. The average molecular weight is 471 g/mol. The number of carbonyl (C=O) groups is 1. The number of rotatable bonds is 7. The average Bonchev–Trinajstić information content (AvgIpc) is 2.85. The van der Waals surface area contributed by atoms with Crippen LogP contribution in [0.4, 0.5) is 16.2 Å². The quantitative estimate of drug-likeness (QED) is 0.302. The highest BCUT2D eigenvalue weighted by molar-refractivity contribution is 6.00. The normalized spacial score (nSPS) is 10.9. The third-order valence-electron chi connectivity index (χ3n) is 5.86. The van der Waals surface area contributed by atoms with Crippen LogP contribution in [0, 0.1) is 6.92 Å². The van der Waals surface area contributed by atoms with Gasteiger partial charge < -0.3 is 20.1 Å². The summed E-state index contributed by atoms with van der Waals surface area (Å²) in [6.07, 6.45) is 2.31. The molecule has 0 saturated heterocycles. The summed E-state index contributed by atoms with van der Waals surface area (Å²) < 4.78 is 11.7. The second-order valence-electron chi connectivity index (χ2n) is 8.65. The maximum absolute atomic E-state index is 12.7. The number of nitrogens with zero attached hydrogens (tertiary/aromatic N) is 2. The minimum atomic E-state index is -0.324. The molecular formula is C28H30N4O3. The zero-order valence-electron chi connectivity index (χ0n) is 20.7. The molecule has 0 aliphatic carbocycles. The van der Waals surface area contributed by atoms with Gasteiger partial charge in [0.2, 0.25) is 5.88 Å². The van der Waals surface area contributed by atoms with Crippen molar-refractivity contribution >= 4 is 28.3 Å². The van der Waals surface area contributed by atoms with E-state index in [1.54, 1.807) is 13.2 Å². The Morgan fingerprint density at radius 1 is 1.03 bits per heavy atom. The Hall–Kier alpha value is -4.13. The van der Waals surface area contributed by atoms with Crippen molar-refractivity contribution in [3.05, 3.63) is 77.6 Å². The number of urea groups is 1. The van der Waals surface area contributed by atoms with E-state index < -0.39 is 0 Å². The van der Waals surface area contributed by atoms with Gasteiger partial charge in [0.05, 0.1) is 18.0 Å². The van der Waals surface area contributed by atoms with E-state index in [9.17, 15) is 4.79 Å². The monoisotopic (exact) mass is 470 g/mol. The molecule has 2 amide bonds. The first-order valence-electron chi connectivity index (χ1n) is 11.7. The molecule has 0 bridgehead atoms. The predicted molar refractivity (Wildman–Crippen MR) is 140 cm³/mol. The summed E-state index contributed by atoms with van der Waals surface area (Å²) >= 11 is 0. The molecule has 35 heavy (non-hydrogen) atoms. The van der Waals surface area contributed by atoms with Gasteiger partial charge in [0.1, 0.15) is 17.8 Å². The van der Waals surface area contributed by atoms with E-state index in [0.29, 0.717) is 23.2 Å². The number of carbonyl (C=O) groups excluding carboxylic acids is 1. The molecule has 7 heteroatoms. The Balaban J connectivity index is 1.55. The lowest BCUT2D eigenvalue weighted by Crippen LogP contribution is -2.20. The molecule has 2 N–H and O–H groups in total. The number of amides is 2. The number of hydrogen-bond acceptors (Lipinski definition) is 5. The number of benzene rings is 3. The minimum absolute atomic E-state index is 0.324. The maximum Gasteiger partial charge on any atom is 0.323 e. The van der Waals surface area contributed by atoms with Crippen LogP contribution in [0.15, 0.2) is 60.9 Å². The first kappa shape index (κ1) is 24.0. The van der Waals surface area contributed by atoms with Crippen molar-refractivity contribution in [3.63, 3.8) is 0 Å². The summed E-state index contributed by atoms with van der Waals surface area (Å²) in [5, 5.41) is 6.58. The van der Waals surface area contributed by atoms with Gasteiger partial charge in [-0.05, 0) is 66.3 Å². The predicted octanol–water partition coefficient (Wildman–Crippen LogP) is 7.07. The van der Waals surface area contributed by atoms with Crippen molar-refractivity contribution in [2.24, 2.45) is 0 Å². The van der Waals surface area contributed by atoms with Gasteiger partial charge in [-0.3, -0.25) is 0 Å². The molecule has 0 unspecified atom stereocenters. The Morgan fingerprint density at radius 2 is 1.86 bits per heavy atom. The lowest BCUT2D eigenvalue weighted by Gasteiger charge is -2.14. The van der Waals surface area contributed by atoms with E-state index in [-0.39, 0.29) is 6.03 Å². The number of anilines is 2. The summed E-state index contributed by atoms with van der Waals surface area (Å²) in [5.41, 5.74) is 5.30. The Morgan fingerprint density at radius 3 is 2.60 bits per heavy atom. The van der Waals surface area contributed by atoms with Gasteiger partial charge in [-0.2, -0.15) is 0 Å². The molecule has 0 aliphatic heterocycles. The van der Waals surface area contributed by atoms with E-state index >= 15 is 0 Å². The zero-order chi connectivity index (χ0) is 24.9. The number of ether oxygens (including phenoxy) is 2. The van der Waals surface area contributed by atoms with Gasteiger partial charge in [0.15, 0.2) is 0 Å². The van der Waals surface area contributed by atoms with E-state index in [4.69, 9.17) is 9.47 Å². The van der Waals surface area contributed by atoms with Crippen molar-refractivity contribution < 1.29 is 14.3 Å². The van der Waals surface area contributed by atoms with Gasteiger partial charge in [0, 0.05) is 17.4 Å². The Kier molecular flexibility index (Phi) is 7.15. The lowest BCUT2D eigenvalue weighted by molar-refractivity contribution is 0.262. The van der Waals surface area contributed by atoms with E-state index in [1.165, 1.54) is 6.33 Å². The molecule has 0 atom stereocenters. The van der Waals surface area contributed by atoms with Crippen molar-refractivity contribution in [1.29, 1.82) is 0 Å².